The van der Waals surface area contributed by atoms with Crippen molar-refractivity contribution in [2.45, 2.75) is 37.9 Å². The molecule has 4 N–H and O–H groups in total. The molecule has 0 bridgehead atoms. The maximum atomic E-state index is 11.9. The second-order valence-electron chi connectivity index (χ2n) is 6.18. The van der Waals surface area contributed by atoms with Gasteiger partial charge >= 0.3 is 12.0 Å². The number of urea groups is 1. The Balaban J connectivity index is 1.88. The topological polar surface area (TPSA) is 117 Å². The van der Waals surface area contributed by atoms with Crippen LogP contribution in [0.3, 0.4) is 0 Å². The molecular weight excluding hydrogens is 328 g/mol. The van der Waals surface area contributed by atoms with E-state index in [0.29, 0.717) is 18.0 Å². The zero-order valence-electron chi connectivity index (χ0n) is 14.2. The molecule has 8 heteroatoms. The van der Waals surface area contributed by atoms with E-state index in [1.54, 1.807) is 24.3 Å². The molecule has 1 saturated heterocycles. The van der Waals surface area contributed by atoms with Crippen molar-refractivity contribution in [3.05, 3.63) is 24.3 Å². The van der Waals surface area contributed by atoms with E-state index < -0.39 is 24.1 Å². The maximum absolute atomic E-state index is 11.9. The largest absolute Gasteiger partial charge is 0.489 e. The Kier molecular flexibility index (Phi) is 6.60. The molecule has 0 spiro atoms. The summed E-state index contributed by atoms with van der Waals surface area (Å²) < 4.78 is 11.4. The highest BCUT2D eigenvalue weighted by molar-refractivity contribution is 5.91. The van der Waals surface area contributed by atoms with E-state index in [9.17, 15) is 14.7 Å². The van der Waals surface area contributed by atoms with Gasteiger partial charge in [0.05, 0.1) is 18.3 Å². The number of para-hydroxylation sites is 2. The summed E-state index contributed by atoms with van der Waals surface area (Å²) in [6, 6.07) is 6.30. The minimum Gasteiger partial charge on any atom is -0.489 e. The molecule has 2 rings (SSSR count). The molecule has 1 aromatic rings. The Hall–Kier alpha value is -2.32. The minimum absolute atomic E-state index is 0.0429. The first-order valence-electron chi connectivity index (χ1n) is 8.22. The standard InChI is InChI=1S/C17H24N2O6/c1-17(23,15(20)21)11-18-16(22)19-13-7-2-3-8-14(13)25-10-12-6-4-5-9-24-12/h2-3,7-8,12,23H,4-6,9-11H2,1H3,(H,20,21)(H2,18,19,22). The van der Waals surface area contributed by atoms with Crippen LogP contribution in [-0.2, 0) is 9.53 Å². The second-order valence-corrected chi connectivity index (χ2v) is 6.18. The van der Waals surface area contributed by atoms with E-state index in [-0.39, 0.29) is 6.10 Å². The molecule has 0 saturated carbocycles. The predicted octanol–water partition coefficient (Wildman–Crippen LogP) is 1.59. The number of hydrogen-bond donors (Lipinski definition) is 4. The fourth-order valence-corrected chi connectivity index (χ4v) is 2.31. The first-order chi connectivity index (χ1) is 11.9. The molecule has 2 atom stereocenters. The van der Waals surface area contributed by atoms with Gasteiger partial charge < -0.3 is 30.3 Å². The van der Waals surface area contributed by atoms with Crippen LogP contribution >= 0.6 is 0 Å². The number of anilines is 1. The van der Waals surface area contributed by atoms with Gasteiger partial charge in [-0.25, -0.2) is 9.59 Å². The van der Waals surface area contributed by atoms with Crippen LogP contribution in [-0.4, -0.2) is 53.7 Å². The summed E-state index contributed by atoms with van der Waals surface area (Å²) in [5.41, 5.74) is -1.59. The fourth-order valence-electron chi connectivity index (χ4n) is 2.31. The number of carboxylic acid groups (broad SMARTS) is 1. The lowest BCUT2D eigenvalue weighted by Gasteiger charge is -2.23. The number of nitrogens with one attached hydrogen (secondary N) is 2. The highest BCUT2D eigenvalue weighted by Gasteiger charge is 2.30. The van der Waals surface area contributed by atoms with Crippen LogP contribution in [0.15, 0.2) is 24.3 Å². The van der Waals surface area contributed by atoms with E-state index in [1.807, 2.05) is 0 Å². The van der Waals surface area contributed by atoms with Gasteiger partial charge in [-0.15, -0.1) is 0 Å². The maximum Gasteiger partial charge on any atom is 0.337 e. The Morgan fingerprint density at radius 2 is 2.12 bits per heavy atom. The van der Waals surface area contributed by atoms with Crippen molar-refractivity contribution in [3.63, 3.8) is 0 Å². The third-order valence-corrected chi connectivity index (χ3v) is 3.89. The van der Waals surface area contributed by atoms with Gasteiger partial charge in [0, 0.05) is 6.61 Å². The van der Waals surface area contributed by atoms with Crippen molar-refractivity contribution < 1.29 is 29.3 Å². The summed E-state index contributed by atoms with van der Waals surface area (Å²) in [6.45, 7) is 1.82. The highest BCUT2D eigenvalue weighted by Crippen LogP contribution is 2.25. The van der Waals surface area contributed by atoms with Crippen molar-refractivity contribution in [2.75, 3.05) is 25.1 Å². The van der Waals surface area contributed by atoms with Crippen molar-refractivity contribution in [1.29, 1.82) is 0 Å². The van der Waals surface area contributed by atoms with Crippen LogP contribution in [0.25, 0.3) is 0 Å². The fraction of sp³-hybridized carbons (Fsp3) is 0.529. The van der Waals surface area contributed by atoms with Crippen LogP contribution in [0.2, 0.25) is 0 Å². The molecule has 138 valence electrons. The average molecular weight is 352 g/mol. The van der Waals surface area contributed by atoms with E-state index in [4.69, 9.17) is 14.6 Å². The van der Waals surface area contributed by atoms with Crippen molar-refractivity contribution in [2.24, 2.45) is 0 Å². The first-order valence-corrected chi connectivity index (χ1v) is 8.22. The van der Waals surface area contributed by atoms with Gasteiger partial charge in [0.1, 0.15) is 12.4 Å². The first kappa shape index (κ1) is 19.0. The van der Waals surface area contributed by atoms with Gasteiger partial charge in [-0.2, -0.15) is 0 Å². The van der Waals surface area contributed by atoms with Crippen LogP contribution < -0.4 is 15.4 Å². The number of benzene rings is 1. The number of amides is 2. The highest BCUT2D eigenvalue weighted by atomic mass is 16.5. The molecule has 25 heavy (non-hydrogen) atoms. The van der Waals surface area contributed by atoms with Gasteiger partial charge in [-0.1, -0.05) is 12.1 Å². The van der Waals surface area contributed by atoms with E-state index >= 15 is 0 Å². The Bertz CT molecular complexity index is 599. The molecule has 2 amide bonds. The molecule has 1 aromatic carbocycles. The molecule has 8 nitrogen and oxygen atoms in total. The molecular formula is C17H24N2O6. The van der Waals surface area contributed by atoms with Crippen LogP contribution in [0.5, 0.6) is 5.75 Å². The summed E-state index contributed by atoms with van der Waals surface area (Å²) >= 11 is 0. The van der Waals surface area contributed by atoms with Gasteiger partial charge in [0.15, 0.2) is 5.60 Å². The molecule has 1 fully saturated rings. The molecule has 0 aromatic heterocycles. The lowest BCUT2D eigenvalue weighted by molar-refractivity contribution is -0.155. The van der Waals surface area contributed by atoms with Crippen molar-refractivity contribution in [1.82, 2.24) is 5.32 Å². The monoisotopic (exact) mass is 352 g/mol. The molecule has 1 heterocycles. The summed E-state index contributed by atoms with van der Waals surface area (Å²) in [7, 11) is 0. The predicted molar refractivity (Wildman–Crippen MR) is 90.8 cm³/mol. The molecule has 0 radical (unpaired) electrons. The number of ether oxygens (including phenoxy) is 2. The minimum atomic E-state index is -2.04. The number of hydrogen-bond acceptors (Lipinski definition) is 5. The molecule has 2 unspecified atom stereocenters. The summed E-state index contributed by atoms with van der Waals surface area (Å²) in [5.74, 6) is -0.916. The lowest BCUT2D eigenvalue weighted by atomic mass is 10.1. The van der Waals surface area contributed by atoms with E-state index in [1.165, 1.54) is 0 Å². The van der Waals surface area contributed by atoms with Gasteiger partial charge in [-0.05, 0) is 38.3 Å². The lowest BCUT2D eigenvalue weighted by Crippen LogP contribution is -2.47. The quantitative estimate of drug-likeness (QED) is 0.592. The third-order valence-electron chi connectivity index (χ3n) is 3.89. The number of aliphatic hydroxyl groups is 1. The summed E-state index contributed by atoms with van der Waals surface area (Å²) in [6.07, 6.45) is 3.16. The van der Waals surface area contributed by atoms with Crippen molar-refractivity contribution in [3.8, 4) is 5.75 Å². The average Bonchev–Trinajstić information content (AvgIpc) is 2.60. The third kappa shape index (κ3) is 5.91. The zero-order chi connectivity index (χ0) is 18.3. The smallest absolute Gasteiger partial charge is 0.337 e. The van der Waals surface area contributed by atoms with Crippen LogP contribution in [0.1, 0.15) is 26.2 Å². The number of carbonyl (C=O) groups excluding carboxylic acids is 1. The SMILES string of the molecule is CC(O)(CNC(=O)Nc1ccccc1OCC1CCCCO1)C(=O)O. The number of carboxylic acids is 1. The zero-order valence-corrected chi connectivity index (χ0v) is 14.2. The summed E-state index contributed by atoms with van der Waals surface area (Å²) in [5, 5.41) is 23.4. The van der Waals surface area contributed by atoms with Gasteiger partial charge in [-0.3, -0.25) is 0 Å². The number of aliphatic carboxylic acids is 1. The second kappa shape index (κ2) is 8.68. The van der Waals surface area contributed by atoms with E-state index in [2.05, 4.69) is 10.6 Å². The molecule has 0 aliphatic carbocycles. The Labute approximate surface area is 146 Å². The molecule has 1 aliphatic heterocycles. The Morgan fingerprint density at radius 3 is 2.80 bits per heavy atom. The number of carbonyl (C=O) groups is 2. The number of rotatable bonds is 7. The normalized spacial score (nSPS) is 19.5. The van der Waals surface area contributed by atoms with Crippen molar-refractivity contribution >= 4 is 17.7 Å². The summed E-state index contributed by atoms with van der Waals surface area (Å²) in [4.78, 5) is 22.8. The Morgan fingerprint density at radius 1 is 1.36 bits per heavy atom. The van der Waals surface area contributed by atoms with Crippen LogP contribution in [0.4, 0.5) is 10.5 Å². The van der Waals surface area contributed by atoms with E-state index in [0.717, 1.165) is 32.8 Å². The van der Waals surface area contributed by atoms with Gasteiger partial charge in [0.2, 0.25) is 0 Å². The molecule has 1 aliphatic rings. The van der Waals surface area contributed by atoms with Gasteiger partial charge in [0.25, 0.3) is 0 Å². The van der Waals surface area contributed by atoms with Crippen LogP contribution in [0, 0.1) is 0 Å².